The highest BCUT2D eigenvalue weighted by atomic mass is 33.2. The summed E-state index contributed by atoms with van der Waals surface area (Å²) < 4.78 is 10.1. The first-order chi connectivity index (χ1) is 11.3. The number of hydrogen-bond donors (Lipinski definition) is 2. The lowest BCUT2D eigenvalue weighted by Gasteiger charge is -2.33. The quantitative estimate of drug-likeness (QED) is 0.217. The molecule has 0 aliphatic carbocycles. The van der Waals surface area contributed by atoms with Gasteiger partial charge in [-0.05, 0) is 36.9 Å². The highest BCUT2D eigenvalue weighted by Gasteiger charge is 2.17. The van der Waals surface area contributed by atoms with Gasteiger partial charge in [0.2, 0.25) is 0 Å². The van der Waals surface area contributed by atoms with E-state index in [0.29, 0.717) is 13.2 Å². The predicted octanol–water partition coefficient (Wildman–Crippen LogP) is 1.66. The fourth-order valence-corrected chi connectivity index (χ4v) is 5.36. The van der Waals surface area contributed by atoms with Crippen molar-refractivity contribution < 1.29 is 29.3 Å². The molecule has 0 aliphatic rings. The van der Waals surface area contributed by atoms with E-state index in [0.717, 1.165) is 24.3 Å². The Morgan fingerprint density at radius 3 is 1.62 bits per heavy atom. The molecular weight excluding hydrogens is 352 g/mol. The minimum atomic E-state index is -0.934. The maximum Gasteiger partial charge on any atom is 0.335 e. The van der Waals surface area contributed by atoms with Crippen molar-refractivity contribution in [1.82, 2.24) is 0 Å². The molecule has 0 radical (unpaired) electrons. The predicted molar refractivity (Wildman–Crippen MR) is 100 cm³/mol. The maximum atomic E-state index is 11.4. The monoisotopic (exact) mass is 380 g/mol. The van der Waals surface area contributed by atoms with E-state index < -0.39 is 34.2 Å². The van der Waals surface area contributed by atoms with Gasteiger partial charge in [0.1, 0.15) is 0 Å². The van der Waals surface area contributed by atoms with Crippen LogP contribution in [-0.2, 0) is 19.1 Å². The first-order valence-corrected chi connectivity index (χ1v) is 11.6. The SMILES string of the molecule is C=C(CO)C(=O)OCCCS(C)(CCCOC(=O)C(=C)CO)SC. The maximum absolute atomic E-state index is 11.4. The summed E-state index contributed by atoms with van der Waals surface area (Å²) in [7, 11) is 0.865. The Labute approximate surface area is 149 Å². The highest BCUT2D eigenvalue weighted by Crippen LogP contribution is 2.56. The number of carbonyl (C=O) groups excluding carboxylic acids is 2. The van der Waals surface area contributed by atoms with Gasteiger partial charge in [-0.2, -0.15) is 9.06 Å². The van der Waals surface area contributed by atoms with Crippen molar-refractivity contribution in [2.45, 2.75) is 12.8 Å². The van der Waals surface area contributed by atoms with E-state index in [2.05, 4.69) is 25.7 Å². The fourth-order valence-electron chi connectivity index (χ4n) is 1.66. The van der Waals surface area contributed by atoms with Crippen LogP contribution in [0.15, 0.2) is 24.3 Å². The van der Waals surface area contributed by atoms with E-state index in [1.807, 2.05) is 0 Å². The Morgan fingerprint density at radius 1 is 0.958 bits per heavy atom. The summed E-state index contributed by atoms with van der Waals surface area (Å²) in [5, 5.41) is 17.6. The van der Waals surface area contributed by atoms with E-state index >= 15 is 0 Å². The van der Waals surface area contributed by atoms with Gasteiger partial charge in [-0.15, -0.1) is 10.8 Å². The summed E-state index contributed by atoms with van der Waals surface area (Å²) in [5.74, 6) is 0.720. The second kappa shape index (κ2) is 12.4. The molecule has 0 saturated heterocycles. The van der Waals surface area contributed by atoms with Crippen LogP contribution in [0.5, 0.6) is 0 Å². The van der Waals surface area contributed by atoms with Crippen LogP contribution in [-0.4, -0.2) is 72.6 Å². The van der Waals surface area contributed by atoms with Crippen LogP contribution in [0, 0.1) is 0 Å². The Kier molecular flexibility index (Phi) is 11.9. The number of ether oxygens (including phenoxy) is 2. The molecule has 0 aromatic heterocycles. The number of aliphatic hydroxyl groups excluding tert-OH is 2. The van der Waals surface area contributed by atoms with Crippen LogP contribution < -0.4 is 0 Å². The van der Waals surface area contributed by atoms with Crippen LogP contribution >= 0.6 is 19.9 Å². The summed E-state index contributed by atoms with van der Waals surface area (Å²) in [6.07, 6.45) is 5.71. The lowest BCUT2D eigenvalue weighted by Crippen LogP contribution is -2.14. The minimum absolute atomic E-state index is 0.0567. The van der Waals surface area contributed by atoms with Crippen LogP contribution in [0.3, 0.4) is 0 Å². The Balaban J connectivity index is 4.03. The van der Waals surface area contributed by atoms with E-state index in [-0.39, 0.29) is 11.1 Å². The number of esters is 2. The second-order valence-corrected chi connectivity index (χ2v) is 12.2. The zero-order chi connectivity index (χ0) is 18.6. The molecule has 140 valence electrons. The molecule has 0 bridgehead atoms. The van der Waals surface area contributed by atoms with Crippen LogP contribution in [0.4, 0.5) is 0 Å². The third-order valence-corrected chi connectivity index (χ3v) is 9.79. The first kappa shape index (κ1) is 23.0. The molecule has 0 aromatic carbocycles. The van der Waals surface area contributed by atoms with Crippen LogP contribution in [0.1, 0.15) is 12.8 Å². The lowest BCUT2D eigenvalue weighted by atomic mass is 10.3. The molecule has 8 heteroatoms. The lowest BCUT2D eigenvalue weighted by molar-refractivity contribution is -0.140. The molecule has 0 aliphatic heterocycles. The smallest absolute Gasteiger partial charge is 0.335 e. The van der Waals surface area contributed by atoms with Gasteiger partial charge in [0.15, 0.2) is 0 Å². The summed E-state index contributed by atoms with van der Waals surface area (Å²) in [5.41, 5.74) is 0.113. The van der Waals surface area contributed by atoms with Gasteiger partial charge in [0.05, 0.1) is 37.6 Å². The van der Waals surface area contributed by atoms with Crippen molar-refractivity contribution in [1.29, 1.82) is 0 Å². The van der Waals surface area contributed by atoms with Crippen LogP contribution in [0.2, 0.25) is 0 Å². The van der Waals surface area contributed by atoms with Crippen LogP contribution in [0.25, 0.3) is 0 Å². The van der Waals surface area contributed by atoms with Crippen molar-refractivity contribution >= 4 is 31.8 Å². The minimum Gasteiger partial charge on any atom is -0.462 e. The molecule has 24 heavy (non-hydrogen) atoms. The Morgan fingerprint density at radius 2 is 1.33 bits per heavy atom. The molecule has 0 rings (SSSR count). The Bertz CT molecular complexity index is 414. The molecule has 2 N–H and O–H groups in total. The summed E-state index contributed by atoms with van der Waals surface area (Å²) in [4.78, 5) is 22.7. The van der Waals surface area contributed by atoms with Gasteiger partial charge >= 0.3 is 11.9 Å². The topological polar surface area (TPSA) is 93.1 Å². The molecule has 0 heterocycles. The number of hydrogen-bond acceptors (Lipinski definition) is 7. The molecule has 0 amide bonds. The number of rotatable bonds is 13. The van der Waals surface area contributed by atoms with Gasteiger partial charge in [-0.3, -0.25) is 0 Å². The second-order valence-electron chi connectivity index (χ2n) is 5.26. The van der Waals surface area contributed by atoms with Gasteiger partial charge in [-0.1, -0.05) is 13.2 Å². The average Bonchev–Trinajstić information content (AvgIpc) is 2.60. The molecule has 0 saturated carbocycles. The molecule has 0 atom stereocenters. The summed E-state index contributed by atoms with van der Waals surface area (Å²) in [6, 6.07) is 0. The molecule has 6 nitrogen and oxygen atoms in total. The fraction of sp³-hybridized carbons (Fsp3) is 0.625. The van der Waals surface area contributed by atoms with Gasteiger partial charge in [0, 0.05) is 0 Å². The van der Waals surface area contributed by atoms with E-state index in [1.54, 1.807) is 10.8 Å². The van der Waals surface area contributed by atoms with Crippen molar-refractivity contribution in [2.75, 3.05) is 50.4 Å². The summed E-state index contributed by atoms with van der Waals surface area (Å²) in [6.45, 7) is 6.63. The van der Waals surface area contributed by atoms with Crippen molar-refractivity contribution in [3.8, 4) is 0 Å². The zero-order valence-corrected chi connectivity index (χ0v) is 16.0. The van der Waals surface area contributed by atoms with Crippen molar-refractivity contribution in [3.05, 3.63) is 24.3 Å². The molecule has 0 fully saturated rings. The van der Waals surface area contributed by atoms with E-state index in [1.165, 1.54) is 0 Å². The van der Waals surface area contributed by atoms with Crippen molar-refractivity contribution in [2.24, 2.45) is 0 Å². The van der Waals surface area contributed by atoms with Gasteiger partial charge in [0.25, 0.3) is 0 Å². The van der Waals surface area contributed by atoms with E-state index in [9.17, 15) is 9.59 Å². The van der Waals surface area contributed by atoms with Gasteiger partial charge in [-0.25, -0.2) is 9.59 Å². The number of carbonyl (C=O) groups is 2. The normalized spacial score (nSPS) is 11.7. The summed E-state index contributed by atoms with van der Waals surface area (Å²) >= 11 is 0. The molecule has 0 unspecified atom stereocenters. The number of aliphatic hydroxyl groups is 2. The molecule has 0 aromatic rings. The largest absolute Gasteiger partial charge is 0.462 e. The average molecular weight is 381 g/mol. The standard InChI is InChI=1S/C16H28O6S2/c1-13(11-17)15(19)21-7-5-9-24(4,23-3)10-6-8-22-16(20)14(2)12-18/h17-18H,1-2,5-12H2,3-4H3. The zero-order valence-electron chi connectivity index (χ0n) is 14.4. The highest BCUT2D eigenvalue weighted by molar-refractivity contribution is 8.93. The van der Waals surface area contributed by atoms with E-state index in [4.69, 9.17) is 19.7 Å². The molecular formula is C16H28O6S2. The first-order valence-electron chi connectivity index (χ1n) is 7.50. The van der Waals surface area contributed by atoms with Gasteiger partial charge < -0.3 is 19.7 Å². The Hall–Kier alpha value is -0.960. The molecule has 0 spiro atoms. The third-order valence-electron chi connectivity index (χ3n) is 3.27. The third kappa shape index (κ3) is 9.36. The van der Waals surface area contributed by atoms with Crippen molar-refractivity contribution in [3.63, 3.8) is 0 Å².